The summed E-state index contributed by atoms with van der Waals surface area (Å²) in [5.41, 5.74) is 8.18. The highest BCUT2D eigenvalue weighted by Gasteiger charge is 2.27. The summed E-state index contributed by atoms with van der Waals surface area (Å²) in [5.74, 6) is 0. The maximum absolute atomic E-state index is 4.59. The van der Waals surface area contributed by atoms with Gasteiger partial charge < -0.3 is 5.32 Å². The largest absolute Gasteiger partial charge is 0.303 e. The lowest BCUT2D eigenvalue weighted by atomic mass is 9.99. The standard InChI is InChI=1S/C19H27N3/c1-6-17(19-13(3)21-22(5)14(19)4)20-18-10-9-15-8-7-12(2)11-16(15)18/h7-8,11,17-18,20H,6,9-10H2,1-5H3/t17-,18-/m1/s1. The topological polar surface area (TPSA) is 29.9 Å². The maximum Gasteiger partial charge on any atom is 0.0644 e. The average molecular weight is 297 g/mol. The van der Waals surface area contributed by atoms with E-state index in [1.54, 1.807) is 0 Å². The van der Waals surface area contributed by atoms with E-state index >= 15 is 0 Å². The normalized spacial score (nSPS) is 18.5. The highest BCUT2D eigenvalue weighted by atomic mass is 15.3. The highest BCUT2D eigenvalue weighted by molar-refractivity contribution is 5.38. The van der Waals surface area contributed by atoms with Gasteiger partial charge >= 0.3 is 0 Å². The minimum Gasteiger partial charge on any atom is -0.303 e. The molecule has 0 unspecified atom stereocenters. The number of nitrogens with zero attached hydrogens (tertiary/aromatic N) is 2. The second-order valence-corrected chi connectivity index (χ2v) is 6.63. The number of hydrogen-bond donors (Lipinski definition) is 1. The molecule has 1 aromatic carbocycles. The van der Waals surface area contributed by atoms with Crippen molar-refractivity contribution in [3.8, 4) is 0 Å². The van der Waals surface area contributed by atoms with Crippen LogP contribution in [0, 0.1) is 20.8 Å². The zero-order valence-corrected chi connectivity index (χ0v) is 14.4. The van der Waals surface area contributed by atoms with Crippen LogP contribution in [0.1, 0.15) is 65.5 Å². The van der Waals surface area contributed by atoms with Gasteiger partial charge in [-0.3, -0.25) is 4.68 Å². The summed E-state index contributed by atoms with van der Waals surface area (Å²) in [7, 11) is 2.03. The summed E-state index contributed by atoms with van der Waals surface area (Å²) < 4.78 is 2.00. The number of benzene rings is 1. The number of nitrogens with one attached hydrogen (secondary N) is 1. The Morgan fingerprint density at radius 2 is 2.09 bits per heavy atom. The summed E-state index contributed by atoms with van der Waals surface area (Å²) in [6, 6.07) is 7.74. The van der Waals surface area contributed by atoms with Gasteiger partial charge in [-0.1, -0.05) is 30.7 Å². The van der Waals surface area contributed by atoms with Crippen molar-refractivity contribution in [2.45, 2.75) is 59.0 Å². The van der Waals surface area contributed by atoms with Gasteiger partial charge in [-0.05, 0) is 51.2 Å². The Morgan fingerprint density at radius 3 is 2.73 bits per heavy atom. The molecule has 3 nitrogen and oxygen atoms in total. The third kappa shape index (κ3) is 2.58. The average Bonchev–Trinajstić information content (AvgIpc) is 2.98. The molecule has 0 saturated carbocycles. The molecule has 0 amide bonds. The Labute approximate surface area is 133 Å². The van der Waals surface area contributed by atoms with Crippen LogP contribution in [0.25, 0.3) is 0 Å². The lowest BCUT2D eigenvalue weighted by molar-refractivity contribution is 0.430. The monoisotopic (exact) mass is 297 g/mol. The quantitative estimate of drug-likeness (QED) is 0.922. The maximum atomic E-state index is 4.59. The number of hydrogen-bond acceptors (Lipinski definition) is 2. The SMILES string of the molecule is CC[C@@H](N[C@@H]1CCc2ccc(C)cc21)c1c(C)nn(C)c1C. The van der Waals surface area contributed by atoms with E-state index in [1.165, 1.54) is 40.8 Å². The minimum atomic E-state index is 0.380. The molecule has 22 heavy (non-hydrogen) atoms. The van der Waals surface area contributed by atoms with Gasteiger partial charge in [-0.15, -0.1) is 0 Å². The smallest absolute Gasteiger partial charge is 0.0644 e. The third-order valence-electron chi connectivity index (χ3n) is 5.10. The number of rotatable bonds is 4. The molecule has 1 aliphatic carbocycles. The molecule has 0 spiro atoms. The summed E-state index contributed by atoms with van der Waals surface area (Å²) in [5, 5.41) is 8.50. The fraction of sp³-hybridized carbons (Fsp3) is 0.526. The van der Waals surface area contributed by atoms with E-state index in [-0.39, 0.29) is 0 Å². The van der Waals surface area contributed by atoms with Crippen LogP contribution < -0.4 is 5.32 Å². The first-order valence-corrected chi connectivity index (χ1v) is 8.36. The number of fused-ring (bicyclic) bond motifs is 1. The van der Waals surface area contributed by atoms with Crippen molar-refractivity contribution in [1.82, 2.24) is 15.1 Å². The molecule has 3 rings (SSSR count). The fourth-order valence-corrected chi connectivity index (χ4v) is 3.84. The third-order valence-corrected chi connectivity index (χ3v) is 5.10. The van der Waals surface area contributed by atoms with Crippen LogP contribution in [0.5, 0.6) is 0 Å². The van der Waals surface area contributed by atoms with E-state index in [1.807, 2.05) is 11.7 Å². The Kier molecular flexibility index (Phi) is 4.09. The molecule has 118 valence electrons. The fourth-order valence-electron chi connectivity index (χ4n) is 3.84. The van der Waals surface area contributed by atoms with Crippen LogP contribution >= 0.6 is 0 Å². The predicted octanol–water partition coefficient (Wildman–Crippen LogP) is 4.07. The van der Waals surface area contributed by atoms with Crippen molar-refractivity contribution < 1.29 is 0 Å². The van der Waals surface area contributed by atoms with Crippen LogP contribution in [0.15, 0.2) is 18.2 Å². The van der Waals surface area contributed by atoms with Crippen LogP contribution in [-0.4, -0.2) is 9.78 Å². The number of aryl methyl sites for hydroxylation is 4. The zero-order valence-electron chi connectivity index (χ0n) is 14.4. The van der Waals surface area contributed by atoms with Crippen molar-refractivity contribution in [3.63, 3.8) is 0 Å². The molecule has 0 radical (unpaired) electrons. The molecular weight excluding hydrogens is 270 g/mol. The van der Waals surface area contributed by atoms with E-state index < -0.39 is 0 Å². The summed E-state index contributed by atoms with van der Waals surface area (Å²) in [6.45, 7) is 8.74. The summed E-state index contributed by atoms with van der Waals surface area (Å²) in [6.07, 6.45) is 3.48. The molecule has 2 atom stereocenters. The van der Waals surface area contributed by atoms with E-state index in [4.69, 9.17) is 0 Å². The zero-order chi connectivity index (χ0) is 15.9. The second kappa shape index (κ2) is 5.88. The van der Waals surface area contributed by atoms with Gasteiger partial charge in [0.15, 0.2) is 0 Å². The Hall–Kier alpha value is -1.61. The van der Waals surface area contributed by atoms with Gasteiger partial charge in [-0.25, -0.2) is 0 Å². The van der Waals surface area contributed by atoms with E-state index in [0.717, 1.165) is 12.1 Å². The van der Waals surface area contributed by atoms with Crippen molar-refractivity contribution in [2.24, 2.45) is 7.05 Å². The molecule has 1 aromatic heterocycles. The van der Waals surface area contributed by atoms with Gasteiger partial charge in [0, 0.05) is 30.4 Å². The first kappa shape index (κ1) is 15.3. The van der Waals surface area contributed by atoms with Crippen LogP contribution in [0.2, 0.25) is 0 Å². The van der Waals surface area contributed by atoms with Crippen molar-refractivity contribution >= 4 is 0 Å². The van der Waals surface area contributed by atoms with Gasteiger partial charge in [0.25, 0.3) is 0 Å². The van der Waals surface area contributed by atoms with Crippen LogP contribution in [-0.2, 0) is 13.5 Å². The van der Waals surface area contributed by atoms with Gasteiger partial charge in [-0.2, -0.15) is 5.10 Å². The highest BCUT2D eigenvalue weighted by Crippen LogP contribution is 2.35. The molecule has 0 fully saturated rings. The molecule has 0 aliphatic heterocycles. The summed E-state index contributed by atoms with van der Waals surface area (Å²) in [4.78, 5) is 0. The van der Waals surface area contributed by atoms with Crippen molar-refractivity contribution in [1.29, 1.82) is 0 Å². The lowest BCUT2D eigenvalue weighted by Crippen LogP contribution is -2.25. The predicted molar refractivity (Wildman–Crippen MR) is 91.1 cm³/mol. The van der Waals surface area contributed by atoms with E-state index in [9.17, 15) is 0 Å². The van der Waals surface area contributed by atoms with Crippen molar-refractivity contribution in [2.75, 3.05) is 0 Å². The van der Waals surface area contributed by atoms with Gasteiger partial charge in [0.2, 0.25) is 0 Å². The molecular formula is C19H27N3. The number of aromatic nitrogens is 2. The Morgan fingerprint density at radius 1 is 1.32 bits per heavy atom. The Balaban J connectivity index is 1.88. The van der Waals surface area contributed by atoms with Crippen molar-refractivity contribution in [3.05, 3.63) is 51.8 Å². The summed E-state index contributed by atoms with van der Waals surface area (Å²) >= 11 is 0. The first-order valence-electron chi connectivity index (χ1n) is 8.36. The molecule has 0 saturated heterocycles. The van der Waals surface area contributed by atoms with Crippen LogP contribution in [0.4, 0.5) is 0 Å². The lowest BCUT2D eigenvalue weighted by Gasteiger charge is -2.23. The van der Waals surface area contributed by atoms with Gasteiger partial charge in [0.1, 0.15) is 0 Å². The minimum absolute atomic E-state index is 0.380. The molecule has 3 heteroatoms. The molecule has 2 aromatic rings. The van der Waals surface area contributed by atoms with Crippen LogP contribution in [0.3, 0.4) is 0 Å². The van der Waals surface area contributed by atoms with E-state index in [2.05, 4.69) is 56.3 Å². The Bertz CT molecular complexity index is 684. The molecule has 1 N–H and O–H groups in total. The second-order valence-electron chi connectivity index (χ2n) is 6.63. The van der Waals surface area contributed by atoms with Gasteiger partial charge in [0.05, 0.1) is 5.69 Å². The molecule has 1 heterocycles. The van der Waals surface area contributed by atoms with E-state index in [0.29, 0.717) is 12.1 Å². The first-order chi connectivity index (χ1) is 10.5. The molecule has 0 bridgehead atoms. The molecule has 1 aliphatic rings.